The Hall–Kier alpha value is -2.75. The summed E-state index contributed by atoms with van der Waals surface area (Å²) in [6.07, 6.45) is 0.00820. The molecule has 0 fully saturated rings. The third-order valence-electron chi connectivity index (χ3n) is 2.65. The number of hydrogen-bond acceptors (Lipinski definition) is 1. The van der Waals surface area contributed by atoms with Crippen molar-refractivity contribution in [3.8, 4) is 0 Å². The summed E-state index contributed by atoms with van der Waals surface area (Å²) in [5.74, 6) is 0. The number of anilines is 2. The lowest BCUT2D eigenvalue weighted by Gasteiger charge is -2.07. The molecule has 0 aliphatic rings. The Labute approximate surface area is 137 Å². The number of rotatable bonds is 3. The summed E-state index contributed by atoms with van der Waals surface area (Å²) < 4.78 is 78.5. The minimum absolute atomic E-state index is 0.0341. The van der Waals surface area contributed by atoms with E-state index in [1.807, 2.05) is 0 Å². The molecule has 3 N–H and O–H groups in total. The summed E-state index contributed by atoms with van der Waals surface area (Å²) >= 11 is 0. The van der Waals surface area contributed by atoms with Crippen LogP contribution in [-0.4, -0.2) is 11.0 Å². The first-order chi connectivity index (χ1) is 14.5. The predicted molar refractivity (Wildman–Crippen MR) is 86.8 cm³/mol. The fraction of sp³-hybridized carbons (Fsp3) is 0.118. The van der Waals surface area contributed by atoms with Crippen LogP contribution in [-0.2, 0) is 6.40 Å². The van der Waals surface area contributed by atoms with E-state index in [1.165, 1.54) is 6.20 Å². The lowest BCUT2D eigenvalue weighted by atomic mass is 10.1. The number of para-hydroxylation sites is 1. The summed E-state index contributed by atoms with van der Waals surface area (Å²) in [6, 6.07) is -4.72. The quantitative estimate of drug-likeness (QED) is 0.658. The Morgan fingerprint density at radius 1 is 1.24 bits per heavy atom. The molecule has 3 aromatic rings. The Kier molecular flexibility index (Phi) is 1.61. The summed E-state index contributed by atoms with van der Waals surface area (Å²) in [5.41, 5.74) is -0.530. The van der Waals surface area contributed by atoms with Crippen molar-refractivity contribution in [3.63, 3.8) is 0 Å². The second-order valence-corrected chi connectivity index (χ2v) is 4.02. The molecule has 1 heterocycles. The molecule has 1 aromatic heterocycles. The zero-order chi connectivity index (χ0) is 23.2. The van der Waals surface area contributed by atoms with E-state index >= 15 is 0 Å². The molecule has 4 nitrogen and oxygen atoms in total. The van der Waals surface area contributed by atoms with Crippen molar-refractivity contribution < 1.29 is 18.5 Å². The molecule has 0 saturated carbocycles. The maximum absolute atomic E-state index is 12.5. The van der Waals surface area contributed by atoms with Crippen LogP contribution in [0.5, 0.6) is 0 Å². The van der Waals surface area contributed by atoms with Crippen molar-refractivity contribution in [1.82, 2.24) is 4.98 Å². The van der Waals surface area contributed by atoms with Gasteiger partial charge in [-0.1, -0.05) is 37.1 Å². The summed E-state index contributed by atoms with van der Waals surface area (Å²) in [6.45, 7) is -0.448. The number of carbonyl (C=O) groups excluding carboxylic acids is 1. The van der Waals surface area contributed by atoms with E-state index in [1.54, 1.807) is 0 Å². The Bertz CT molecular complexity index is 1180. The van der Waals surface area contributed by atoms with E-state index in [4.69, 9.17) is 13.7 Å². The minimum atomic E-state index is -1.27. The highest BCUT2D eigenvalue weighted by Crippen LogP contribution is 2.22. The van der Waals surface area contributed by atoms with Gasteiger partial charge in [0.15, 0.2) is 0 Å². The molecule has 2 aromatic carbocycles. The number of hydrogen-bond donors (Lipinski definition) is 3. The first-order valence-corrected chi connectivity index (χ1v) is 5.98. The van der Waals surface area contributed by atoms with Gasteiger partial charge in [-0.05, 0) is 30.1 Å². The molecule has 1 atom stereocenters. The average molecular weight is 289 g/mol. The molecule has 0 aliphatic heterocycles. The molecule has 21 heavy (non-hydrogen) atoms. The van der Waals surface area contributed by atoms with Crippen LogP contribution in [0.1, 0.15) is 26.2 Å². The standard InChI is InChI=1S/C17H17N3O/c1-2-12-7-9-13(10-8-12)19-17(21)20-16-11-18-15-6-4-3-5-14(15)16/h3-11,18H,2H2,1H3,(H2,19,20,21)/i1D,2D,3D,4D,5D,6D,7D,8D,9D,10D. The van der Waals surface area contributed by atoms with Crippen LogP contribution in [0.3, 0.4) is 0 Å². The number of H-pyrrole nitrogens is 1. The first-order valence-electron chi connectivity index (χ1n) is 11.3. The normalized spacial score (nSPS) is 18.7. The molecule has 0 radical (unpaired) electrons. The van der Waals surface area contributed by atoms with Crippen LogP contribution in [0.25, 0.3) is 10.9 Å². The van der Waals surface area contributed by atoms with E-state index in [-0.39, 0.29) is 34.2 Å². The Morgan fingerprint density at radius 2 is 2.05 bits per heavy atom. The lowest BCUT2D eigenvalue weighted by Crippen LogP contribution is -2.19. The molecule has 4 heteroatoms. The van der Waals surface area contributed by atoms with Gasteiger partial charge in [-0.25, -0.2) is 4.79 Å². The summed E-state index contributed by atoms with van der Waals surface area (Å²) in [5, 5.41) is 4.66. The lowest BCUT2D eigenvalue weighted by molar-refractivity contribution is 0.262. The fourth-order valence-electron chi connectivity index (χ4n) is 1.69. The van der Waals surface area contributed by atoms with Crippen molar-refractivity contribution in [3.05, 3.63) is 60.1 Å². The van der Waals surface area contributed by atoms with Crippen molar-refractivity contribution in [2.45, 2.75) is 13.3 Å². The molecule has 3 rings (SSSR count). The van der Waals surface area contributed by atoms with Crippen molar-refractivity contribution in [2.24, 2.45) is 0 Å². The van der Waals surface area contributed by atoms with Crippen LogP contribution in [0.4, 0.5) is 16.2 Å². The summed E-state index contributed by atoms with van der Waals surface area (Å²) in [4.78, 5) is 15.2. The second kappa shape index (κ2) is 5.71. The fourth-order valence-corrected chi connectivity index (χ4v) is 1.69. The number of aromatic amines is 1. The van der Waals surface area contributed by atoms with Gasteiger partial charge in [0.05, 0.1) is 16.7 Å². The van der Waals surface area contributed by atoms with Crippen LogP contribution >= 0.6 is 0 Å². The number of fused-ring (bicyclic) bond motifs is 1. The third-order valence-corrected chi connectivity index (χ3v) is 2.65. The Morgan fingerprint density at radius 3 is 2.86 bits per heavy atom. The molecule has 0 bridgehead atoms. The van der Waals surface area contributed by atoms with Crippen LogP contribution < -0.4 is 10.6 Å². The molecule has 106 valence electrons. The van der Waals surface area contributed by atoms with Gasteiger partial charge in [-0.3, -0.25) is 0 Å². The number of urea groups is 1. The van der Waals surface area contributed by atoms with E-state index in [2.05, 4.69) is 15.6 Å². The zero-order valence-corrected chi connectivity index (χ0v) is 10.8. The first kappa shape index (κ1) is 5.93. The van der Waals surface area contributed by atoms with E-state index in [0.717, 1.165) is 0 Å². The number of carbonyl (C=O) groups is 1. The monoisotopic (exact) mass is 289 g/mol. The molecule has 0 saturated heterocycles. The highest BCUT2D eigenvalue weighted by molar-refractivity contribution is 6.05. The highest BCUT2D eigenvalue weighted by atomic mass is 16.2. The number of amides is 2. The third kappa shape index (κ3) is 2.89. The van der Waals surface area contributed by atoms with Crippen LogP contribution in [0.2, 0.25) is 0 Å². The van der Waals surface area contributed by atoms with E-state index in [9.17, 15) is 4.79 Å². The van der Waals surface area contributed by atoms with E-state index < -0.39 is 61.3 Å². The van der Waals surface area contributed by atoms with Gasteiger partial charge in [-0.2, -0.15) is 0 Å². The van der Waals surface area contributed by atoms with Crippen LogP contribution in [0, 0.1) is 0 Å². The van der Waals surface area contributed by atoms with Gasteiger partial charge < -0.3 is 15.6 Å². The predicted octanol–water partition coefficient (Wildman–Crippen LogP) is 4.37. The molecular weight excluding hydrogens is 262 g/mol. The SMILES string of the molecule is [2H]CC([2H])c1c([2H])c([2H])c(NC(=O)Nc2c[nH]c3c([2H])c([2H])c([2H])c([2H])c23)c([2H])c1[2H]. The highest BCUT2D eigenvalue weighted by Gasteiger charge is 2.07. The van der Waals surface area contributed by atoms with Crippen molar-refractivity contribution >= 4 is 28.3 Å². The minimum Gasteiger partial charge on any atom is -0.359 e. The zero-order valence-electron chi connectivity index (χ0n) is 20.8. The van der Waals surface area contributed by atoms with Gasteiger partial charge in [-0.15, -0.1) is 0 Å². The molecule has 0 aliphatic carbocycles. The number of aromatic nitrogens is 1. The Balaban J connectivity index is 1.97. The largest absolute Gasteiger partial charge is 0.359 e. The van der Waals surface area contributed by atoms with Crippen LogP contribution in [0.15, 0.2) is 54.5 Å². The maximum atomic E-state index is 12.5. The maximum Gasteiger partial charge on any atom is 0.323 e. The molecule has 1 unspecified atom stereocenters. The molecule has 2 amide bonds. The van der Waals surface area contributed by atoms with Gasteiger partial charge in [0.2, 0.25) is 0 Å². The van der Waals surface area contributed by atoms with Gasteiger partial charge in [0.1, 0.15) is 0 Å². The number of benzene rings is 2. The van der Waals surface area contributed by atoms with Gasteiger partial charge >= 0.3 is 6.03 Å². The molecule has 0 spiro atoms. The number of nitrogens with one attached hydrogen (secondary N) is 3. The average Bonchev–Trinajstić information content (AvgIpc) is 3.15. The topological polar surface area (TPSA) is 56.9 Å². The van der Waals surface area contributed by atoms with Crippen molar-refractivity contribution in [1.29, 1.82) is 0 Å². The summed E-state index contributed by atoms with van der Waals surface area (Å²) in [7, 11) is 0. The second-order valence-electron chi connectivity index (χ2n) is 4.02. The van der Waals surface area contributed by atoms with Gasteiger partial charge in [0, 0.05) is 25.5 Å². The van der Waals surface area contributed by atoms with Crippen molar-refractivity contribution in [2.75, 3.05) is 10.6 Å². The van der Waals surface area contributed by atoms with E-state index in [0.29, 0.717) is 0 Å². The smallest absolute Gasteiger partial charge is 0.323 e. The van der Waals surface area contributed by atoms with Gasteiger partial charge in [0.25, 0.3) is 0 Å². The molecular formula is C17H17N3O.